The molecular weight excluding hydrogens is 427 g/mol. The van der Waals surface area contributed by atoms with E-state index in [9.17, 15) is 18.8 Å². The van der Waals surface area contributed by atoms with Gasteiger partial charge in [-0.2, -0.15) is 4.98 Å². The van der Waals surface area contributed by atoms with Crippen molar-refractivity contribution in [3.8, 4) is 0 Å². The Balaban J connectivity index is 1.89. The number of hydrogen-bond donors (Lipinski definition) is 1. The Morgan fingerprint density at radius 2 is 2.03 bits per heavy atom. The van der Waals surface area contributed by atoms with Gasteiger partial charge in [-0.1, -0.05) is 17.7 Å². The quantitative estimate of drug-likeness (QED) is 0.642. The lowest BCUT2D eigenvalue weighted by atomic mass is 10.2. The van der Waals surface area contributed by atoms with Crippen molar-refractivity contribution < 1.29 is 9.18 Å². The van der Waals surface area contributed by atoms with Crippen LogP contribution in [0.15, 0.2) is 27.8 Å². The van der Waals surface area contributed by atoms with Crippen LogP contribution in [0.4, 0.5) is 10.3 Å². The summed E-state index contributed by atoms with van der Waals surface area (Å²) < 4.78 is 17.6. The highest BCUT2D eigenvalue weighted by molar-refractivity contribution is 6.31. The Kier molecular flexibility index (Phi) is 5.34. The van der Waals surface area contributed by atoms with Crippen molar-refractivity contribution in [1.82, 2.24) is 24.0 Å². The van der Waals surface area contributed by atoms with Gasteiger partial charge in [0.2, 0.25) is 11.9 Å². The number of aromatic nitrogens is 4. The van der Waals surface area contributed by atoms with Crippen molar-refractivity contribution >= 4 is 34.6 Å². The molecule has 1 N–H and O–H groups in total. The summed E-state index contributed by atoms with van der Waals surface area (Å²) in [5.41, 5.74) is 0.156. The minimum Gasteiger partial charge on any atom is -0.352 e. The van der Waals surface area contributed by atoms with Gasteiger partial charge in [0.05, 0.1) is 6.54 Å². The lowest BCUT2D eigenvalue weighted by Crippen LogP contribution is -2.37. The van der Waals surface area contributed by atoms with Crippen LogP contribution >= 0.6 is 11.6 Å². The number of benzene rings is 1. The number of carbonyl (C=O) groups is 1. The van der Waals surface area contributed by atoms with Crippen LogP contribution in [0.2, 0.25) is 5.02 Å². The fourth-order valence-electron chi connectivity index (χ4n) is 3.99. The van der Waals surface area contributed by atoms with E-state index < -0.39 is 17.1 Å². The molecule has 164 valence electrons. The summed E-state index contributed by atoms with van der Waals surface area (Å²) in [6, 6.07) is 4.03. The molecule has 0 spiro atoms. The zero-order valence-electron chi connectivity index (χ0n) is 17.4. The zero-order chi connectivity index (χ0) is 22.4. The molecule has 31 heavy (non-hydrogen) atoms. The zero-order valence-corrected chi connectivity index (χ0v) is 18.1. The third kappa shape index (κ3) is 3.71. The molecule has 1 aliphatic rings. The van der Waals surface area contributed by atoms with Crippen LogP contribution in [0, 0.1) is 5.82 Å². The van der Waals surface area contributed by atoms with Crippen LogP contribution in [0.25, 0.3) is 11.2 Å². The monoisotopic (exact) mass is 448 g/mol. The molecule has 4 rings (SSSR count). The first-order valence-electron chi connectivity index (χ1n) is 9.79. The van der Waals surface area contributed by atoms with Crippen molar-refractivity contribution in [3.63, 3.8) is 0 Å². The molecule has 0 radical (unpaired) electrons. The molecule has 1 atom stereocenters. The lowest BCUT2D eigenvalue weighted by molar-refractivity contribution is -0.119. The van der Waals surface area contributed by atoms with E-state index in [1.165, 1.54) is 30.7 Å². The molecule has 2 aromatic heterocycles. The number of rotatable bonds is 4. The minimum absolute atomic E-state index is 0.0492. The molecule has 1 fully saturated rings. The Hall–Kier alpha value is -3.14. The van der Waals surface area contributed by atoms with Crippen molar-refractivity contribution in [2.45, 2.75) is 25.9 Å². The fraction of sp³-hybridized carbons (Fsp3) is 0.400. The van der Waals surface area contributed by atoms with Gasteiger partial charge in [-0.15, -0.1) is 0 Å². The van der Waals surface area contributed by atoms with Crippen molar-refractivity contribution in [3.05, 3.63) is 55.4 Å². The second-order valence-electron chi connectivity index (χ2n) is 7.74. The maximum Gasteiger partial charge on any atom is 0.332 e. The highest BCUT2D eigenvalue weighted by Crippen LogP contribution is 2.27. The molecule has 3 aromatic rings. The smallest absolute Gasteiger partial charge is 0.332 e. The maximum absolute atomic E-state index is 13.5. The minimum atomic E-state index is -0.481. The first-order chi connectivity index (χ1) is 14.7. The van der Waals surface area contributed by atoms with E-state index in [4.69, 9.17) is 11.6 Å². The number of anilines is 1. The normalized spacial score (nSPS) is 16.3. The molecule has 0 aliphatic carbocycles. The van der Waals surface area contributed by atoms with E-state index in [0.29, 0.717) is 24.6 Å². The van der Waals surface area contributed by atoms with Gasteiger partial charge in [-0.3, -0.25) is 23.3 Å². The summed E-state index contributed by atoms with van der Waals surface area (Å²) in [5, 5.41) is 3.13. The Morgan fingerprint density at radius 1 is 1.29 bits per heavy atom. The molecule has 0 saturated carbocycles. The van der Waals surface area contributed by atoms with Crippen LogP contribution < -0.4 is 21.5 Å². The van der Waals surface area contributed by atoms with Crippen LogP contribution in [0.3, 0.4) is 0 Å². The molecule has 0 bridgehead atoms. The van der Waals surface area contributed by atoms with E-state index in [0.717, 1.165) is 11.0 Å². The molecule has 11 heteroatoms. The average Bonchev–Trinajstić information content (AvgIpc) is 3.31. The summed E-state index contributed by atoms with van der Waals surface area (Å²) in [4.78, 5) is 43.5. The second kappa shape index (κ2) is 7.84. The predicted molar refractivity (Wildman–Crippen MR) is 115 cm³/mol. The van der Waals surface area contributed by atoms with E-state index in [1.807, 2.05) is 4.90 Å². The molecule has 1 aromatic carbocycles. The Morgan fingerprint density at radius 3 is 2.71 bits per heavy atom. The largest absolute Gasteiger partial charge is 0.352 e. The SMILES string of the molecule is CC(=O)NC1CCN(c2nc3c(c(=O)n(C)c(=O)n3C)n2Cc2ccc(F)cc2Cl)C1. The first kappa shape index (κ1) is 21.1. The van der Waals surface area contributed by atoms with Gasteiger partial charge >= 0.3 is 5.69 Å². The van der Waals surface area contributed by atoms with Gasteiger partial charge in [0, 0.05) is 45.2 Å². The highest BCUT2D eigenvalue weighted by atomic mass is 35.5. The van der Waals surface area contributed by atoms with Crippen LogP contribution in [-0.2, 0) is 25.4 Å². The summed E-state index contributed by atoms with van der Waals surface area (Å²) in [7, 11) is 2.97. The molecule has 1 aliphatic heterocycles. The molecule has 9 nitrogen and oxygen atoms in total. The average molecular weight is 449 g/mol. The van der Waals surface area contributed by atoms with Gasteiger partial charge in [0.25, 0.3) is 5.56 Å². The van der Waals surface area contributed by atoms with Gasteiger partial charge in [0.15, 0.2) is 11.2 Å². The van der Waals surface area contributed by atoms with Gasteiger partial charge in [-0.25, -0.2) is 9.18 Å². The second-order valence-corrected chi connectivity index (χ2v) is 8.15. The standard InChI is InChI=1S/C20H22ClFN6O3/c1-11(29)23-14-6-7-27(10-14)19-24-17-16(18(30)26(3)20(31)25(17)2)28(19)9-12-4-5-13(22)8-15(12)21/h4-5,8,14H,6-7,9-10H2,1-3H3,(H,23,29). The number of nitrogens with zero attached hydrogens (tertiary/aromatic N) is 5. The molecule has 3 heterocycles. The number of imidazole rings is 1. The number of amides is 1. The first-order valence-corrected chi connectivity index (χ1v) is 10.2. The predicted octanol–water partition coefficient (Wildman–Crippen LogP) is 0.989. The fourth-order valence-corrected chi connectivity index (χ4v) is 4.22. The van der Waals surface area contributed by atoms with Gasteiger partial charge < -0.3 is 10.2 Å². The molecule has 1 unspecified atom stereocenters. The third-order valence-corrected chi connectivity index (χ3v) is 5.90. The summed E-state index contributed by atoms with van der Waals surface area (Å²) in [6.07, 6.45) is 0.719. The summed E-state index contributed by atoms with van der Waals surface area (Å²) in [6.45, 7) is 2.75. The third-order valence-electron chi connectivity index (χ3n) is 5.55. The number of carbonyl (C=O) groups excluding carboxylic acids is 1. The van der Waals surface area contributed by atoms with E-state index in [1.54, 1.807) is 17.7 Å². The Bertz CT molecular complexity index is 1310. The number of aryl methyl sites for hydroxylation is 1. The number of nitrogens with one attached hydrogen (secondary N) is 1. The number of halogens is 2. The van der Waals surface area contributed by atoms with Gasteiger partial charge in [0.1, 0.15) is 5.82 Å². The van der Waals surface area contributed by atoms with Crippen molar-refractivity contribution in [2.24, 2.45) is 14.1 Å². The van der Waals surface area contributed by atoms with E-state index in [2.05, 4.69) is 10.3 Å². The van der Waals surface area contributed by atoms with Crippen molar-refractivity contribution in [2.75, 3.05) is 18.0 Å². The van der Waals surface area contributed by atoms with Crippen LogP contribution in [-0.4, -0.2) is 43.7 Å². The topological polar surface area (TPSA) is 94.2 Å². The van der Waals surface area contributed by atoms with Gasteiger partial charge in [-0.05, 0) is 24.1 Å². The maximum atomic E-state index is 13.5. The van der Waals surface area contributed by atoms with Crippen LogP contribution in [0.1, 0.15) is 18.9 Å². The molecule has 1 amide bonds. The highest BCUT2D eigenvalue weighted by Gasteiger charge is 2.29. The van der Waals surface area contributed by atoms with Crippen molar-refractivity contribution in [1.29, 1.82) is 0 Å². The molecular formula is C20H22ClFN6O3. The summed E-state index contributed by atoms with van der Waals surface area (Å²) in [5.74, 6) is -0.0864. The lowest BCUT2D eigenvalue weighted by Gasteiger charge is -2.20. The number of fused-ring (bicyclic) bond motifs is 1. The summed E-state index contributed by atoms with van der Waals surface area (Å²) >= 11 is 6.24. The Labute approximate surface area is 181 Å². The van der Waals surface area contributed by atoms with Crippen LogP contribution in [0.5, 0.6) is 0 Å². The molecule has 1 saturated heterocycles. The van der Waals surface area contributed by atoms with E-state index >= 15 is 0 Å². The van der Waals surface area contributed by atoms with E-state index in [-0.39, 0.29) is 34.7 Å². The number of hydrogen-bond acceptors (Lipinski definition) is 5.